The molecule has 0 saturated carbocycles. The molecule has 0 fully saturated rings. The van der Waals surface area contributed by atoms with Crippen LogP contribution in [0, 0.1) is 5.41 Å². The normalized spacial score (nSPS) is 19.2. The Bertz CT molecular complexity index is 1010. The minimum absolute atomic E-state index is 0.00272. The summed E-state index contributed by atoms with van der Waals surface area (Å²) in [7, 11) is 0. The Morgan fingerprint density at radius 2 is 2.07 bits per heavy atom. The van der Waals surface area contributed by atoms with Gasteiger partial charge in [0.1, 0.15) is 10.8 Å². The molecule has 1 N–H and O–H groups in total. The summed E-state index contributed by atoms with van der Waals surface area (Å²) < 4.78 is 5.97. The molecule has 3 heterocycles. The van der Waals surface area contributed by atoms with E-state index in [9.17, 15) is 4.79 Å². The van der Waals surface area contributed by atoms with Gasteiger partial charge < -0.3 is 4.42 Å². The molecule has 6 nitrogen and oxygen atoms in total. The van der Waals surface area contributed by atoms with Gasteiger partial charge in [-0.15, -0.1) is 0 Å². The highest BCUT2D eigenvalue weighted by Crippen LogP contribution is 2.36. The van der Waals surface area contributed by atoms with E-state index in [0.29, 0.717) is 15.6 Å². The van der Waals surface area contributed by atoms with Gasteiger partial charge in [-0.3, -0.25) is 10.2 Å². The molecule has 0 unspecified atom stereocenters. The quantitative estimate of drug-likeness (QED) is 0.685. The zero-order valence-corrected chi connectivity index (χ0v) is 16.8. The fraction of sp³-hybridized carbons (Fsp3) is 0.158. The lowest BCUT2D eigenvalue weighted by Gasteiger charge is -2.19. The molecular formula is C19H15BrN4O2S. The number of amidine groups is 2. The molecule has 27 heavy (non-hydrogen) atoms. The molecule has 1 aromatic carbocycles. The number of fused-ring (bicyclic) bond motifs is 1. The lowest BCUT2D eigenvalue weighted by atomic mass is 9.98. The maximum absolute atomic E-state index is 12.4. The fourth-order valence-corrected chi connectivity index (χ4v) is 4.35. The van der Waals surface area contributed by atoms with Crippen molar-refractivity contribution >= 4 is 55.7 Å². The third-order valence-electron chi connectivity index (χ3n) is 4.26. The number of aliphatic imine (C=N–C) groups is 1. The first-order valence-corrected chi connectivity index (χ1v) is 9.98. The van der Waals surface area contributed by atoms with Crippen molar-refractivity contribution in [2.24, 2.45) is 10.1 Å². The molecule has 2 aliphatic heterocycles. The van der Waals surface area contributed by atoms with E-state index < -0.39 is 5.91 Å². The monoisotopic (exact) mass is 442 g/mol. The van der Waals surface area contributed by atoms with Gasteiger partial charge in [0.25, 0.3) is 5.91 Å². The summed E-state index contributed by atoms with van der Waals surface area (Å²) in [5, 5.41) is 15.7. The van der Waals surface area contributed by atoms with Gasteiger partial charge >= 0.3 is 0 Å². The Morgan fingerprint density at radius 3 is 2.74 bits per heavy atom. The summed E-state index contributed by atoms with van der Waals surface area (Å²) in [6.07, 6.45) is 2.38. The topological polar surface area (TPSA) is 82.0 Å². The summed E-state index contributed by atoms with van der Waals surface area (Å²) in [5.41, 5.74) is 1.31. The van der Waals surface area contributed by atoms with Crippen LogP contribution >= 0.6 is 27.7 Å². The highest BCUT2D eigenvalue weighted by Gasteiger charge is 2.37. The van der Waals surface area contributed by atoms with Gasteiger partial charge in [-0.25, -0.2) is 0 Å². The molecule has 0 aliphatic carbocycles. The number of hydrogen-bond acceptors (Lipinski definition) is 5. The Morgan fingerprint density at radius 1 is 1.30 bits per heavy atom. The van der Waals surface area contributed by atoms with Crippen molar-refractivity contribution in [2.45, 2.75) is 19.3 Å². The second-order valence-electron chi connectivity index (χ2n) is 5.97. The molecule has 0 bridgehead atoms. The van der Waals surface area contributed by atoms with Crippen molar-refractivity contribution in [3.63, 3.8) is 0 Å². The lowest BCUT2D eigenvalue weighted by Crippen LogP contribution is -2.35. The van der Waals surface area contributed by atoms with Crippen LogP contribution in [0.5, 0.6) is 0 Å². The van der Waals surface area contributed by atoms with Crippen LogP contribution in [0.4, 0.5) is 0 Å². The van der Waals surface area contributed by atoms with Gasteiger partial charge in [0.2, 0.25) is 5.17 Å². The summed E-state index contributed by atoms with van der Waals surface area (Å²) in [6, 6.07) is 13.5. The van der Waals surface area contributed by atoms with Crippen molar-refractivity contribution in [3.8, 4) is 0 Å². The number of amides is 1. The minimum Gasteiger partial charge on any atom is -0.450 e. The molecule has 4 rings (SSSR count). The number of hydrogen-bond donors (Lipinski definition) is 1. The van der Waals surface area contributed by atoms with Crippen molar-refractivity contribution in [1.29, 1.82) is 5.41 Å². The Kier molecular flexibility index (Phi) is 4.84. The molecule has 0 radical (unpaired) electrons. The zero-order valence-electron chi connectivity index (χ0n) is 14.3. The number of carbonyl (C=O) groups is 1. The third kappa shape index (κ3) is 3.42. The van der Waals surface area contributed by atoms with E-state index in [1.807, 2.05) is 18.2 Å². The van der Waals surface area contributed by atoms with Gasteiger partial charge in [0.05, 0.1) is 5.57 Å². The molecule has 1 amide bonds. The second kappa shape index (κ2) is 7.28. The molecule has 1 aromatic heterocycles. The van der Waals surface area contributed by atoms with E-state index in [-0.39, 0.29) is 17.3 Å². The van der Waals surface area contributed by atoms with E-state index in [1.165, 1.54) is 22.8 Å². The Balaban J connectivity index is 1.66. The lowest BCUT2D eigenvalue weighted by molar-refractivity contribution is -0.114. The number of nitrogens with one attached hydrogen (secondary N) is 1. The Labute approximate surface area is 168 Å². The standard InChI is InChI=1S/C19H15BrN4O2S/c1-2-13(11-6-4-3-5-7-11)18-23-24-16(21)14(17(25)22-19(24)27-18)10-12-8-9-15(20)26-12/h3-10,13,21H,2H2,1H3/b14-10+,21-16?/t13-/m1/s1. The van der Waals surface area contributed by atoms with Crippen molar-refractivity contribution in [2.75, 3.05) is 0 Å². The molecular weight excluding hydrogens is 428 g/mol. The number of hydrazone groups is 1. The average Bonchev–Trinajstić information content (AvgIpc) is 3.26. The smallest absolute Gasteiger partial charge is 0.283 e. The van der Waals surface area contributed by atoms with E-state index in [0.717, 1.165) is 17.0 Å². The van der Waals surface area contributed by atoms with Crippen molar-refractivity contribution < 1.29 is 9.21 Å². The van der Waals surface area contributed by atoms with Gasteiger partial charge in [0.15, 0.2) is 10.5 Å². The van der Waals surface area contributed by atoms with Crippen LogP contribution in [0.25, 0.3) is 6.08 Å². The number of rotatable bonds is 4. The number of benzene rings is 1. The third-order valence-corrected chi connectivity index (χ3v) is 5.71. The van der Waals surface area contributed by atoms with Crippen molar-refractivity contribution in [3.05, 3.63) is 64.0 Å². The number of halogens is 1. The van der Waals surface area contributed by atoms with Crippen LogP contribution in [0.2, 0.25) is 0 Å². The summed E-state index contributed by atoms with van der Waals surface area (Å²) in [5.74, 6) is 0.111. The van der Waals surface area contributed by atoms with Gasteiger partial charge in [-0.2, -0.15) is 15.1 Å². The predicted molar refractivity (Wildman–Crippen MR) is 111 cm³/mol. The van der Waals surface area contributed by atoms with E-state index in [2.05, 4.69) is 45.1 Å². The fourth-order valence-electron chi connectivity index (χ4n) is 2.93. The van der Waals surface area contributed by atoms with Crippen LogP contribution in [0.3, 0.4) is 0 Å². The number of carbonyl (C=O) groups excluding carboxylic acids is 1. The molecule has 0 saturated heterocycles. The first-order chi connectivity index (χ1) is 13.1. The van der Waals surface area contributed by atoms with E-state index in [1.54, 1.807) is 12.1 Å². The number of furan rings is 1. The van der Waals surface area contributed by atoms with E-state index >= 15 is 0 Å². The summed E-state index contributed by atoms with van der Waals surface area (Å²) in [4.78, 5) is 16.6. The maximum Gasteiger partial charge on any atom is 0.283 e. The molecule has 136 valence electrons. The van der Waals surface area contributed by atoms with Crippen LogP contribution < -0.4 is 0 Å². The van der Waals surface area contributed by atoms with Crippen LogP contribution in [-0.4, -0.2) is 27.0 Å². The van der Waals surface area contributed by atoms with Crippen molar-refractivity contribution in [1.82, 2.24) is 5.01 Å². The summed E-state index contributed by atoms with van der Waals surface area (Å²) in [6.45, 7) is 2.09. The highest BCUT2D eigenvalue weighted by atomic mass is 79.9. The van der Waals surface area contributed by atoms with Crippen LogP contribution in [0.15, 0.2) is 67.2 Å². The molecule has 2 aliphatic rings. The minimum atomic E-state index is -0.463. The SMILES string of the molecule is CC[C@@H](C1=NN2C(=N)/C(=C\c3ccc(Br)o3)C(=O)N=C2S1)c1ccccc1. The maximum atomic E-state index is 12.4. The Hall–Kier alpha value is -2.45. The first-order valence-electron chi connectivity index (χ1n) is 8.37. The van der Waals surface area contributed by atoms with Crippen LogP contribution in [-0.2, 0) is 4.79 Å². The molecule has 0 spiro atoms. The molecule has 2 aromatic rings. The van der Waals surface area contributed by atoms with Gasteiger partial charge in [0, 0.05) is 5.92 Å². The molecule has 8 heteroatoms. The first kappa shape index (κ1) is 17.9. The number of thioether (sulfide) groups is 1. The highest BCUT2D eigenvalue weighted by molar-refractivity contribution is 9.10. The van der Waals surface area contributed by atoms with Crippen LogP contribution in [0.1, 0.15) is 30.6 Å². The summed E-state index contributed by atoms with van der Waals surface area (Å²) >= 11 is 4.58. The van der Waals surface area contributed by atoms with Gasteiger partial charge in [-0.05, 0) is 57.9 Å². The average molecular weight is 443 g/mol. The number of nitrogens with zero attached hydrogens (tertiary/aromatic N) is 3. The van der Waals surface area contributed by atoms with Gasteiger partial charge in [-0.1, -0.05) is 37.3 Å². The van der Waals surface area contributed by atoms with E-state index in [4.69, 9.17) is 9.83 Å². The second-order valence-corrected chi connectivity index (χ2v) is 7.74. The largest absolute Gasteiger partial charge is 0.450 e. The molecule has 1 atom stereocenters. The zero-order chi connectivity index (χ0) is 19.0. The predicted octanol–water partition coefficient (Wildman–Crippen LogP) is 4.86.